The number of hydrogen-bond donors (Lipinski definition) is 1. The van der Waals surface area contributed by atoms with Crippen LogP contribution in [0, 0.1) is 5.82 Å². The summed E-state index contributed by atoms with van der Waals surface area (Å²) in [5.41, 5.74) is 0.241. The standard InChI is InChI=1S/C17H20FN3O2S/c1-3-9-21(10-4-2)16(23)14-11-24-17(19-14)20-15(22)12-7-5-6-8-13(12)18/h5-8,11H,3-4,9-10H2,1-2H3,(H,19,20,22). The third kappa shape index (κ3) is 4.38. The molecule has 0 aliphatic heterocycles. The number of amides is 2. The highest BCUT2D eigenvalue weighted by atomic mass is 32.1. The van der Waals surface area contributed by atoms with Crippen LogP contribution in [0.2, 0.25) is 0 Å². The largest absolute Gasteiger partial charge is 0.337 e. The van der Waals surface area contributed by atoms with Gasteiger partial charge in [-0.3, -0.25) is 14.9 Å². The van der Waals surface area contributed by atoms with Gasteiger partial charge in [-0.2, -0.15) is 0 Å². The van der Waals surface area contributed by atoms with E-state index in [-0.39, 0.29) is 16.6 Å². The first-order valence-corrected chi connectivity index (χ1v) is 8.75. The van der Waals surface area contributed by atoms with Crippen molar-refractivity contribution >= 4 is 28.3 Å². The second-order valence-electron chi connectivity index (χ2n) is 5.26. The SMILES string of the molecule is CCCN(CCC)C(=O)c1csc(NC(=O)c2ccccc2F)n1. The molecule has 0 bridgehead atoms. The minimum absolute atomic E-state index is 0.0563. The molecule has 1 N–H and O–H groups in total. The van der Waals surface area contributed by atoms with Gasteiger partial charge in [0.1, 0.15) is 11.5 Å². The highest BCUT2D eigenvalue weighted by molar-refractivity contribution is 7.14. The van der Waals surface area contributed by atoms with E-state index in [1.54, 1.807) is 16.3 Å². The van der Waals surface area contributed by atoms with E-state index in [4.69, 9.17) is 0 Å². The third-order valence-corrected chi connectivity index (χ3v) is 4.09. The van der Waals surface area contributed by atoms with E-state index in [9.17, 15) is 14.0 Å². The summed E-state index contributed by atoms with van der Waals surface area (Å²) in [6, 6.07) is 5.72. The van der Waals surface area contributed by atoms with Crippen LogP contribution in [0.25, 0.3) is 0 Å². The van der Waals surface area contributed by atoms with E-state index >= 15 is 0 Å². The molecule has 7 heteroatoms. The van der Waals surface area contributed by atoms with E-state index < -0.39 is 11.7 Å². The maximum atomic E-state index is 13.6. The molecule has 0 radical (unpaired) electrons. The molecule has 1 heterocycles. The van der Waals surface area contributed by atoms with Crippen molar-refractivity contribution in [3.63, 3.8) is 0 Å². The molecule has 0 aliphatic rings. The molecule has 2 rings (SSSR count). The maximum absolute atomic E-state index is 13.6. The van der Waals surface area contributed by atoms with Gasteiger partial charge in [0.15, 0.2) is 5.13 Å². The number of anilines is 1. The summed E-state index contributed by atoms with van der Waals surface area (Å²) in [7, 11) is 0. The molecule has 0 saturated heterocycles. The molecule has 1 aromatic heterocycles. The minimum atomic E-state index is -0.597. The predicted molar refractivity (Wildman–Crippen MR) is 93.0 cm³/mol. The van der Waals surface area contributed by atoms with Crippen LogP contribution < -0.4 is 5.32 Å². The zero-order chi connectivity index (χ0) is 17.5. The fraction of sp³-hybridized carbons (Fsp3) is 0.353. The molecule has 0 spiro atoms. The first kappa shape index (κ1) is 18.1. The fourth-order valence-electron chi connectivity index (χ4n) is 2.26. The number of benzene rings is 1. The molecule has 0 unspecified atom stereocenters. The summed E-state index contributed by atoms with van der Waals surface area (Å²) in [5, 5.41) is 4.42. The number of halogens is 1. The molecule has 0 atom stereocenters. The number of rotatable bonds is 7. The summed E-state index contributed by atoms with van der Waals surface area (Å²) in [5.74, 6) is -1.33. The number of thiazole rings is 1. The Labute approximate surface area is 144 Å². The minimum Gasteiger partial charge on any atom is -0.337 e. The van der Waals surface area contributed by atoms with E-state index in [0.29, 0.717) is 18.8 Å². The van der Waals surface area contributed by atoms with Gasteiger partial charge in [-0.1, -0.05) is 26.0 Å². The third-order valence-electron chi connectivity index (χ3n) is 3.34. The highest BCUT2D eigenvalue weighted by Crippen LogP contribution is 2.19. The Hall–Kier alpha value is -2.28. The molecule has 2 aromatic rings. The van der Waals surface area contributed by atoms with Gasteiger partial charge in [0, 0.05) is 18.5 Å². The lowest BCUT2D eigenvalue weighted by Crippen LogP contribution is -2.32. The molecule has 0 fully saturated rings. The summed E-state index contributed by atoms with van der Waals surface area (Å²) in [4.78, 5) is 30.4. The van der Waals surface area contributed by atoms with Crippen molar-refractivity contribution < 1.29 is 14.0 Å². The lowest BCUT2D eigenvalue weighted by atomic mass is 10.2. The number of nitrogens with zero attached hydrogens (tertiary/aromatic N) is 2. The van der Waals surface area contributed by atoms with Gasteiger partial charge in [0.05, 0.1) is 5.56 Å². The number of carbonyl (C=O) groups excluding carboxylic acids is 2. The maximum Gasteiger partial charge on any atom is 0.273 e. The van der Waals surface area contributed by atoms with Crippen LogP contribution in [0.15, 0.2) is 29.6 Å². The van der Waals surface area contributed by atoms with Crippen LogP contribution in [0.4, 0.5) is 9.52 Å². The van der Waals surface area contributed by atoms with E-state index in [0.717, 1.165) is 24.2 Å². The number of aromatic nitrogens is 1. The van der Waals surface area contributed by atoms with Gasteiger partial charge in [0.2, 0.25) is 0 Å². The van der Waals surface area contributed by atoms with Gasteiger partial charge in [-0.05, 0) is 25.0 Å². The second-order valence-corrected chi connectivity index (χ2v) is 6.12. The molecule has 24 heavy (non-hydrogen) atoms. The Morgan fingerprint density at radius 2 is 1.88 bits per heavy atom. The quantitative estimate of drug-likeness (QED) is 0.827. The Balaban J connectivity index is 2.08. The topological polar surface area (TPSA) is 62.3 Å². The monoisotopic (exact) mass is 349 g/mol. The Kier molecular flexibility index (Phi) is 6.43. The predicted octanol–water partition coefficient (Wildman–Crippen LogP) is 3.80. The summed E-state index contributed by atoms with van der Waals surface area (Å²) in [6.45, 7) is 5.36. The highest BCUT2D eigenvalue weighted by Gasteiger charge is 2.19. The fourth-order valence-corrected chi connectivity index (χ4v) is 2.94. The second kappa shape index (κ2) is 8.54. The van der Waals surface area contributed by atoms with Gasteiger partial charge in [-0.15, -0.1) is 11.3 Å². The van der Waals surface area contributed by atoms with Crippen molar-refractivity contribution in [2.75, 3.05) is 18.4 Å². The van der Waals surface area contributed by atoms with Crippen molar-refractivity contribution in [3.8, 4) is 0 Å². The summed E-state index contributed by atoms with van der Waals surface area (Å²) < 4.78 is 13.6. The van der Waals surface area contributed by atoms with Gasteiger partial charge in [-0.25, -0.2) is 9.37 Å². The first-order valence-electron chi connectivity index (χ1n) is 7.87. The molecule has 0 aliphatic carbocycles. The van der Waals surface area contributed by atoms with Crippen molar-refractivity contribution in [3.05, 3.63) is 46.7 Å². The van der Waals surface area contributed by atoms with Crippen molar-refractivity contribution in [2.24, 2.45) is 0 Å². The lowest BCUT2D eigenvalue weighted by molar-refractivity contribution is 0.0750. The molecular weight excluding hydrogens is 329 g/mol. The first-order chi connectivity index (χ1) is 11.6. The molecule has 5 nitrogen and oxygen atoms in total. The van der Waals surface area contributed by atoms with Crippen LogP contribution in [-0.2, 0) is 0 Å². The lowest BCUT2D eigenvalue weighted by Gasteiger charge is -2.20. The van der Waals surface area contributed by atoms with E-state index in [1.165, 1.54) is 18.2 Å². The van der Waals surface area contributed by atoms with Crippen LogP contribution in [0.1, 0.15) is 47.5 Å². The Bertz CT molecular complexity index is 711. The number of hydrogen-bond acceptors (Lipinski definition) is 4. The van der Waals surface area contributed by atoms with Gasteiger partial charge in [0.25, 0.3) is 11.8 Å². The number of carbonyl (C=O) groups is 2. The van der Waals surface area contributed by atoms with E-state index in [2.05, 4.69) is 10.3 Å². The van der Waals surface area contributed by atoms with Crippen molar-refractivity contribution in [2.45, 2.75) is 26.7 Å². The number of nitrogens with one attached hydrogen (secondary N) is 1. The summed E-state index contributed by atoms with van der Waals surface area (Å²) >= 11 is 1.15. The molecule has 0 saturated carbocycles. The van der Waals surface area contributed by atoms with Gasteiger partial charge < -0.3 is 4.90 Å². The van der Waals surface area contributed by atoms with E-state index in [1.807, 2.05) is 13.8 Å². The van der Waals surface area contributed by atoms with Crippen LogP contribution in [0.5, 0.6) is 0 Å². The Morgan fingerprint density at radius 3 is 2.50 bits per heavy atom. The average Bonchev–Trinajstić information content (AvgIpc) is 3.02. The van der Waals surface area contributed by atoms with Gasteiger partial charge >= 0.3 is 0 Å². The van der Waals surface area contributed by atoms with Crippen molar-refractivity contribution in [1.29, 1.82) is 0 Å². The van der Waals surface area contributed by atoms with Crippen LogP contribution in [0.3, 0.4) is 0 Å². The zero-order valence-corrected chi connectivity index (χ0v) is 14.5. The Morgan fingerprint density at radius 1 is 1.21 bits per heavy atom. The van der Waals surface area contributed by atoms with Crippen LogP contribution in [-0.4, -0.2) is 34.8 Å². The molecule has 2 amide bonds. The van der Waals surface area contributed by atoms with Crippen molar-refractivity contribution in [1.82, 2.24) is 9.88 Å². The normalized spacial score (nSPS) is 10.5. The van der Waals surface area contributed by atoms with Crippen LogP contribution >= 0.6 is 11.3 Å². The summed E-state index contributed by atoms with van der Waals surface area (Å²) in [6.07, 6.45) is 1.74. The average molecular weight is 349 g/mol. The molecule has 1 aromatic carbocycles. The molecule has 128 valence electrons. The smallest absolute Gasteiger partial charge is 0.273 e. The zero-order valence-electron chi connectivity index (χ0n) is 13.7. The molecular formula is C17H20FN3O2S.